The molecule has 118 valence electrons. The SMILES string of the molecule is OC(c1ccccc1OC(F)(F)F)C(O)C1CCCCC1. The summed E-state index contributed by atoms with van der Waals surface area (Å²) in [6, 6.07) is 5.39. The fourth-order valence-electron chi connectivity index (χ4n) is 2.86. The molecule has 0 amide bonds. The van der Waals surface area contributed by atoms with Crippen molar-refractivity contribution in [3.05, 3.63) is 29.8 Å². The number of hydrogen-bond acceptors (Lipinski definition) is 3. The third-order valence-corrected chi connectivity index (χ3v) is 3.92. The third-order valence-electron chi connectivity index (χ3n) is 3.92. The number of benzene rings is 1. The van der Waals surface area contributed by atoms with E-state index in [2.05, 4.69) is 4.74 Å². The van der Waals surface area contributed by atoms with Crippen LogP contribution >= 0.6 is 0 Å². The molecule has 21 heavy (non-hydrogen) atoms. The van der Waals surface area contributed by atoms with E-state index in [9.17, 15) is 23.4 Å². The van der Waals surface area contributed by atoms with Crippen molar-refractivity contribution in [3.8, 4) is 5.75 Å². The summed E-state index contributed by atoms with van der Waals surface area (Å²) in [5.41, 5.74) is -0.0344. The van der Waals surface area contributed by atoms with E-state index in [0.29, 0.717) is 0 Å². The maximum Gasteiger partial charge on any atom is 0.573 e. The molecular formula is C15H19F3O3. The predicted molar refractivity (Wildman–Crippen MR) is 70.7 cm³/mol. The molecule has 2 atom stereocenters. The summed E-state index contributed by atoms with van der Waals surface area (Å²) in [5.74, 6) is -0.556. The van der Waals surface area contributed by atoms with Crippen LogP contribution in [0.3, 0.4) is 0 Å². The number of ether oxygens (including phenoxy) is 1. The average Bonchev–Trinajstić information content (AvgIpc) is 2.45. The average molecular weight is 304 g/mol. The Labute approximate surface area is 121 Å². The summed E-state index contributed by atoms with van der Waals surface area (Å²) in [6.07, 6.45) is -2.71. The molecule has 0 aromatic heterocycles. The molecule has 6 heteroatoms. The van der Waals surface area contributed by atoms with Gasteiger partial charge in [-0.05, 0) is 24.8 Å². The van der Waals surface area contributed by atoms with Crippen LogP contribution in [-0.4, -0.2) is 22.7 Å². The molecule has 1 aromatic carbocycles. The predicted octanol–water partition coefficient (Wildman–Crippen LogP) is 3.56. The Hall–Kier alpha value is -1.27. The molecule has 2 rings (SSSR count). The number of aliphatic hydroxyl groups is 2. The van der Waals surface area contributed by atoms with Gasteiger partial charge in [-0.15, -0.1) is 13.2 Å². The van der Waals surface area contributed by atoms with E-state index in [1.165, 1.54) is 18.2 Å². The standard InChI is InChI=1S/C15H19F3O3/c16-15(17,18)21-12-9-5-4-8-11(12)14(20)13(19)10-6-2-1-3-7-10/h4-5,8-10,13-14,19-20H,1-3,6-7H2. The van der Waals surface area contributed by atoms with Gasteiger partial charge >= 0.3 is 6.36 Å². The topological polar surface area (TPSA) is 49.7 Å². The van der Waals surface area contributed by atoms with Crippen molar-refractivity contribution in [3.63, 3.8) is 0 Å². The van der Waals surface area contributed by atoms with Crippen LogP contribution < -0.4 is 4.74 Å². The van der Waals surface area contributed by atoms with Crippen molar-refractivity contribution in [2.75, 3.05) is 0 Å². The lowest BCUT2D eigenvalue weighted by atomic mass is 9.82. The van der Waals surface area contributed by atoms with Gasteiger partial charge in [0.05, 0.1) is 6.10 Å². The van der Waals surface area contributed by atoms with Crippen LogP contribution in [0.15, 0.2) is 24.3 Å². The molecular weight excluding hydrogens is 285 g/mol. The van der Waals surface area contributed by atoms with E-state index in [-0.39, 0.29) is 11.5 Å². The van der Waals surface area contributed by atoms with Crippen LogP contribution in [0.25, 0.3) is 0 Å². The summed E-state index contributed by atoms with van der Waals surface area (Å²) in [7, 11) is 0. The fourth-order valence-corrected chi connectivity index (χ4v) is 2.86. The first-order valence-corrected chi connectivity index (χ1v) is 7.09. The van der Waals surface area contributed by atoms with Gasteiger partial charge in [-0.25, -0.2) is 0 Å². The first kappa shape index (κ1) is 16.1. The smallest absolute Gasteiger partial charge is 0.405 e. The zero-order valence-corrected chi connectivity index (χ0v) is 11.5. The molecule has 0 bridgehead atoms. The van der Waals surface area contributed by atoms with Crippen LogP contribution in [0.1, 0.15) is 43.8 Å². The maximum absolute atomic E-state index is 12.4. The van der Waals surface area contributed by atoms with E-state index in [4.69, 9.17) is 0 Å². The van der Waals surface area contributed by atoms with Crippen molar-refractivity contribution in [2.24, 2.45) is 5.92 Å². The highest BCUT2D eigenvalue weighted by Gasteiger charge is 2.35. The lowest BCUT2D eigenvalue weighted by Crippen LogP contribution is -2.30. The third kappa shape index (κ3) is 4.35. The molecule has 1 aliphatic carbocycles. The Bertz CT molecular complexity index is 456. The van der Waals surface area contributed by atoms with Crippen LogP contribution in [0.2, 0.25) is 0 Å². The summed E-state index contributed by atoms with van der Waals surface area (Å²) >= 11 is 0. The van der Waals surface area contributed by atoms with Gasteiger partial charge in [-0.1, -0.05) is 37.5 Å². The molecule has 0 spiro atoms. The number of rotatable bonds is 4. The van der Waals surface area contributed by atoms with Crippen molar-refractivity contribution in [1.29, 1.82) is 0 Å². The van der Waals surface area contributed by atoms with E-state index in [1.54, 1.807) is 0 Å². The monoisotopic (exact) mass is 304 g/mol. The molecule has 1 saturated carbocycles. The summed E-state index contributed by atoms with van der Waals surface area (Å²) in [5, 5.41) is 20.5. The number of halogens is 3. The first-order valence-electron chi connectivity index (χ1n) is 7.09. The van der Waals surface area contributed by atoms with Gasteiger partial charge in [0.25, 0.3) is 0 Å². The first-order chi connectivity index (χ1) is 9.88. The second-order valence-electron chi connectivity index (χ2n) is 5.42. The molecule has 2 N–H and O–H groups in total. The summed E-state index contributed by atoms with van der Waals surface area (Å²) in [6.45, 7) is 0. The Balaban J connectivity index is 2.16. The summed E-state index contributed by atoms with van der Waals surface area (Å²) < 4.78 is 41.0. The van der Waals surface area contributed by atoms with Crippen LogP contribution in [-0.2, 0) is 0 Å². The van der Waals surface area contributed by atoms with E-state index >= 15 is 0 Å². The molecule has 1 fully saturated rings. The summed E-state index contributed by atoms with van der Waals surface area (Å²) in [4.78, 5) is 0. The quantitative estimate of drug-likeness (QED) is 0.894. The fraction of sp³-hybridized carbons (Fsp3) is 0.600. The maximum atomic E-state index is 12.4. The van der Waals surface area contributed by atoms with Crippen molar-refractivity contribution < 1.29 is 28.1 Å². The highest BCUT2D eigenvalue weighted by Crippen LogP contribution is 2.36. The van der Waals surface area contributed by atoms with Gasteiger partial charge in [0.2, 0.25) is 0 Å². The van der Waals surface area contributed by atoms with Gasteiger partial charge < -0.3 is 14.9 Å². The molecule has 3 nitrogen and oxygen atoms in total. The molecule has 0 radical (unpaired) electrons. The van der Waals surface area contributed by atoms with E-state index in [1.807, 2.05) is 0 Å². The molecule has 0 aliphatic heterocycles. The highest BCUT2D eigenvalue weighted by atomic mass is 19.4. The van der Waals surface area contributed by atoms with E-state index < -0.39 is 24.3 Å². The normalized spacial score (nSPS) is 20.0. The number of aliphatic hydroxyl groups excluding tert-OH is 2. The Morgan fingerprint density at radius 3 is 2.29 bits per heavy atom. The van der Waals surface area contributed by atoms with Gasteiger partial charge in [0, 0.05) is 5.56 Å². The van der Waals surface area contributed by atoms with Gasteiger partial charge in [-0.3, -0.25) is 0 Å². The zero-order valence-electron chi connectivity index (χ0n) is 11.5. The van der Waals surface area contributed by atoms with Gasteiger partial charge in [-0.2, -0.15) is 0 Å². The van der Waals surface area contributed by atoms with Gasteiger partial charge in [0.1, 0.15) is 11.9 Å². The molecule has 1 aromatic rings. The number of alkyl halides is 3. The van der Waals surface area contributed by atoms with Crippen molar-refractivity contribution >= 4 is 0 Å². The second-order valence-corrected chi connectivity index (χ2v) is 5.42. The Morgan fingerprint density at radius 2 is 1.67 bits per heavy atom. The molecule has 1 aliphatic rings. The zero-order chi connectivity index (χ0) is 15.5. The molecule has 2 unspecified atom stereocenters. The van der Waals surface area contributed by atoms with Crippen LogP contribution in [0, 0.1) is 5.92 Å². The molecule has 0 heterocycles. The lowest BCUT2D eigenvalue weighted by molar-refractivity contribution is -0.275. The minimum atomic E-state index is -4.83. The minimum absolute atomic E-state index is 0.0344. The van der Waals surface area contributed by atoms with Crippen molar-refractivity contribution in [1.82, 2.24) is 0 Å². The second kappa shape index (κ2) is 6.66. The van der Waals surface area contributed by atoms with Crippen LogP contribution in [0.4, 0.5) is 13.2 Å². The Morgan fingerprint density at radius 1 is 1.05 bits per heavy atom. The number of para-hydroxylation sites is 1. The Kier molecular flexibility index (Phi) is 5.11. The highest BCUT2D eigenvalue weighted by molar-refractivity contribution is 5.35. The lowest BCUT2D eigenvalue weighted by Gasteiger charge is -2.30. The van der Waals surface area contributed by atoms with Crippen LogP contribution in [0.5, 0.6) is 5.75 Å². The van der Waals surface area contributed by atoms with Gasteiger partial charge in [0.15, 0.2) is 0 Å². The molecule has 0 saturated heterocycles. The van der Waals surface area contributed by atoms with Crippen molar-refractivity contribution in [2.45, 2.75) is 50.7 Å². The largest absolute Gasteiger partial charge is 0.573 e. The van der Waals surface area contributed by atoms with E-state index in [0.717, 1.165) is 38.2 Å². The number of hydrogen-bond donors (Lipinski definition) is 2. The minimum Gasteiger partial charge on any atom is -0.405 e.